The fraction of sp³-hybridized carbons (Fsp3) is 0.360. The monoisotopic (exact) mass is 992 g/mol. The number of nitrogens with zero attached hydrogens (tertiary/aromatic N) is 3. The molecule has 5 aromatic rings. The second-order valence-corrected chi connectivity index (χ2v) is 19.9. The number of hydrogen-bond donors (Lipinski definition) is 5. The molecule has 2 aromatic heterocycles. The molecule has 1 saturated heterocycles. The van der Waals surface area contributed by atoms with Gasteiger partial charge < -0.3 is 26.0 Å². The quantitative estimate of drug-likeness (QED) is 0.0333. The average Bonchev–Trinajstić information content (AvgIpc) is 4.10. The third-order valence-electron chi connectivity index (χ3n) is 11.9. The molecule has 7 amide bonds. The molecule has 20 heteroatoms. The second-order valence-electron chi connectivity index (χ2n) is 17.2. The van der Waals surface area contributed by atoms with Crippen molar-refractivity contribution in [2.75, 3.05) is 30.0 Å². The third kappa shape index (κ3) is 13.6. The van der Waals surface area contributed by atoms with Gasteiger partial charge in [-0.1, -0.05) is 99.2 Å². The van der Waals surface area contributed by atoms with Gasteiger partial charge >= 0.3 is 0 Å². The lowest BCUT2D eigenvalue weighted by atomic mass is 10.0. The van der Waals surface area contributed by atoms with Gasteiger partial charge in [-0.05, 0) is 48.6 Å². The number of ether oxygens (including phenoxy) is 1. The summed E-state index contributed by atoms with van der Waals surface area (Å²) >= 11 is 1.24. The van der Waals surface area contributed by atoms with Crippen LogP contribution < -0.4 is 26.6 Å². The van der Waals surface area contributed by atoms with Crippen molar-refractivity contribution in [3.8, 4) is 11.3 Å². The average molecular weight is 993 g/mol. The SMILES string of the molecule is CS(=O)(=O)n1ccc(C(=O)N[C@@H](COCc2ccc(CNC(=O)CCCCCCCCCCNc3cccc4c3C(=O)N(C3CCC(=O)NC3=O)C4=O)cc2)C(=O)Nc2nc(-c3ccccc3)cs2)c1. The molecule has 2 atom stereocenters. The Balaban J connectivity index is 0.760. The molecular formula is C50H56N8O10S2. The Morgan fingerprint density at radius 1 is 0.857 bits per heavy atom. The molecule has 2 aliphatic heterocycles. The summed E-state index contributed by atoms with van der Waals surface area (Å²) in [6, 6.07) is 21.2. The van der Waals surface area contributed by atoms with Crippen LogP contribution in [0.2, 0.25) is 0 Å². The molecule has 0 aliphatic carbocycles. The molecule has 1 fully saturated rings. The lowest BCUT2D eigenvalue weighted by Crippen LogP contribution is -2.54. The minimum Gasteiger partial charge on any atom is -0.384 e. The lowest BCUT2D eigenvalue weighted by molar-refractivity contribution is -0.136. The topological polar surface area (TPSA) is 244 Å². The normalized spacial score (nSPS) is 15.0. The number of piperidine rings is 1. The van der Waals surface area contributed by atoms with E-state index in [2.05, 4.69) is 31.6 Å². The van der Waals surface area contributed by atoms with Gasteiger partial charge in [0, 0.05) is 55.0 Å². The number of thiazole rings is 1. The molecule has 0 bridgehead atoms. The molecule has 368 valence electrons. The number of carbonyl (C=O) groups is 7. The first-order chi connectivity index (χ1) is 33.7. The van der Waals surface area contributed by atoms with Crippen LogP contribution >= 0.6 is 11.3 Å². The Kier molecular flexibility index (Phi) is 17.4. The number of benzene rings is 3. The zero-order valence-corrected chi connectivity index (χ0v) is 40.4. The summed E-state index contributed by atoms with van der Waals surface area (Å²) in [5, 5.41) is 16.1. The van der Waals surface area contributed by atoms with Gasteiger partial charge in [0.15, 0.2) is 5.13 Å². The summed E-state index contributed by atoms with van der Waals surface area (Å²) in [4.78, 5) is 95.1. The molecule has 2 aliphatic rings. The smallest absolute Gasteiger partial charge is 0.264 e. The Morgan fingerprint density at radius 3 is 2.29 bits per heavy atom. The molecule has 4 heterocycles. The first kappa shape index (κ1) is 50.8. The van der Waals surface area contributed by atoms with Gasteiger partial charge in [0.1, 0.15) is 12.1 Å². The highest BCUT2D eigenvalue weighted by molar-refractivity contribution is 7.89. The number of nitrogens with one attached hydrogen (secondary N) is 5. The van der Waals surface area contributed by atoms with Crippen LogP contribution in [0.5, 0.6) is 0 Å². The number of carbonyl (C=O) groups excluding carboxylic acids is 7. The van der Waals surface area contributed by atoms with Gasteiger partial charge in [-0.3, -0.25) is 47.8 Å². The maximum Gasteiger partial charge on any atom is 0.264 e. The van der Waals surface area contributed by atoms with Crippen LogP contribution in [0.25, 0.3) is 11.3 Å². The highest BCUT2D eigenvalue weighted by Crippen LogP contribution is 2.32. The maximum atomic E-state index is 13.5. The second kappa shape index (κ2) is 24.0. The van der Waals surface area contributed by atoms with E-state index in [1.165, 1.54) is 29.8 Å². The zero-order valence-electron chi connectivity index (χ0n) is 38.7. The molecule has 70 heavy (non-hydrogen) atoms. The third-order valence-corrected chi connectivity index (χ3v) is 13.7. The van der Waals surface area contributed by atoms with Gasteiger partial charge in [0.2, 0.25) is 27.7 Å². The van der Waals surface area contributed by atoms with Gasteiger partial charge in [-0.25, -0.2) is 13.4 Å². The van der Waals surface area contributed by atoms with Crippen molar-refractivity contribution in [2.24, 2.45) is 0 Å². The van der Waals surface area contributed by atoms with E-state index in [0.717, 1.165) is 83.2 Å². The summed E-state index contributed by atoms with van der Waals surface area (Å²) in [5.41, 5.74) is 4.41. The van der Waals surface area contributed by atoms with Crippen LogP contribution in [0.4, 0.5) is 10.8 Å². The summed E-state index contributed by atoms with van der Waals surface area (Å²) in [6.45, 7) is 0.927. The predicted molar refractivity (Wildman–Crippen MR) is 263 cm³/mol. The van der Waals surface area contributed by atoms with Gasteiger partial charge in [-0.15, -0.1) is 11.3 Å². The molecule has 3 aromatic carbocycles. The van der Waals surface area contributed by atoms with Crippen LogP contribution in [0.1, 0.15) is 113 Å². The number of hydrogen-bond acceptors (Lipinski definition) is 13. The number of rotatable bonds is 25. The van der Waals surface area contributed by atoms with Crippen molar-refractivity contribution >= 4 is 73.5 Å². The molecule has 0 radical (unpaired) electrons. The van der Waals surface area contributed by atoms with Crippen molar-refractivity contribution in [2.45, 2.75) is 95.9 Å². The zero-order chi connectivity index (χ0) is 49.6. The largest absolute Gasteiger partial charge is 0.384 e. The highest BCUT2D eigenvalue weighted by Gasteiger charge is 2.45. The van der Waals surface area contributed by atoms with Crippen LogP contribution in [-0.2, 0) is 47.1 Å². The van der Waals surface area contributed by atoms with E-state index in [4.69, 9.17) is 4.74 Å². The van der Waals surface area contributed by atoms with Crippen molar-refractivity contribution in [3.63, 3.8) is 0 Å². The van der Waals surface area contributed by atoms with E-state index in [-0.39, 0.29) is 48.7 Å². The highest BCUT2D eigenvalue weighted by atomic mass is 32.2. The molecule has 7 rings (SSSR count). The van der Waals surface area contributed by atoms with E-state index in [0.29, 0.717) is 36.0 Å². The molecule has 1 unspecified atom stereocenters. The minimum atomic E-state index is -3.62. The summed E-state index contributed by atoms with van der Waals surface area (Å²) in [5.74, 6) is -3.34. The number of imide groups is 2. The van der Waals surface area contributed by atoms with Crippen LogP contribution in [-0.4, -0.2) is 95.1 Å². The van der Waals surface area contributed by atoms with Crippen LogP contribution in [0, 0.1) is 0 Å². The first-order valence-corrected chi connectivity index (χ1v) is 26.0. The standard InChI is InChI=1S/C50H56N8O10S2/c1-70(66,67)57-27-25-36(29-57)45(61)53-39(46(62)56-50-54-40(32-69-50)35-14-9-8-10-15-35)31-68-30-34-21-19-33(20-22-34)28-52-42(59)18-11-6-4-2-3-5-7-12-26-51-38-17-13-16-37-44(38)49(65)58(48(37)64)41-23-24-43(60)55-47(41)63/h8-10,13-17,19-22,25,27,29,32,39,41,51H,2-7,11-12,18,23-24,26,28,30-31H2,1H3,(H,52,59)(H,53,61)(H,54,56,62)(H,55,60,63)/t39-,41?/m0/s1. The van der Waals surface area contributed by atoms with Crippen molar-refractivity contribution in [1.29, 1.82) is 0 Å². The number of aromatic nitrogens is 2. The van der Waals surface area contributed by atoms with Crippen LogP contribution in [0.3, 0.4) is 0 Å². The van der Waals surface area contributed by atoms with Crippen molar-refractivity contribution in [3.05, 3.63) is 124 Å². The van der Waals surface area contributed by atoms with E-state index in [1.54, 1.807) is 18.2 Å². The van der Waals surface area contributed by atoms with Crippen LogP contribution in [0.15, 0.2) is 96.6 Å². The van der Waals surface area contributed by atoms with E-state index in [9.17, 15) is 42.0 Å². The molecule has 0 spiro atoms. The molecular weight excluding hydrogens is 937 g/mol. The predicted octanol–water partition coefficient (Wildman–Crippen LogP) is 6.01. The van der Waals surface area contributed by atoms with Gasteiger partial charge in [-0.2, -0.15) is 0 Å². The fourth-order valence-electron chi connectivity index (χ4n) is 8.10. The van der Waals surface area contributed by atoms with Crippen molar-refractivity contribution in [1.82, 2.24) is 29.8 Å². The fourth-order valence-corrected chi connectivity index (χ4v) is 9.41. The number of fused-ring (bicyclic) bond motifs is 1. The first-order valence-electron chi connectivity index (χ1n) is 23.3. The molecule has 5 N–H and O–H groups in total. The summed E-state index contributed by atoms with van der Waals surface area (Å²) in [7, 11) is -3.62. The minimum absolute atomic E-state index is 0.0213. The van der Waals surface area contributed by atoms with Gasteiger partial charge in [0.25, 0.3) is 23.6 Å². The van der Waals surface area contributed by atoms with Crippen molar-refractivity contribution < 1.29 is 46.7 Å². The Hall–Kier alpha value is -7.03. The molecule has 0 saturated carbocycles. The number of unbranched alkanes of at least 4 members (excludes halogenated alkanes) is 7. The summed E-state index contributed by atoms with van der Waals surface area (Å²) < 4.78 is 30.7. The Bertz CT molecular complexity index is 2810. The van der Waals surface area contributed by atoms with E-state index in [1.807, 2.05) is 60.0 Å². The number of anilines is 2. The maximum absolute atomic E-state index is 13.5. The molecule has 18 nitrogen and oxygen atoms in total. The lowest BCUT2D eigenvalue weighted by Gasteiger charge is -2.27. The summed E-state index contributed by atoms with van der Waals surface area (Å²) in [6.07, 6.45) is 11.9. The Morgan fingerprint density at radius 2 is 1.57 bits per heavy atom. The van der Waals surface area contributed by atoms with Gasteiger partial charge in [0.05, 0.1) is 41.9 Å². The van der Waals surface area contributed by atoms with E-state index >= 15 is 0 Å². The number of amides is 7. The Labute approximate surface area is 410 Å². The van der Waals surface area contributed by atoms with E-state index < -0.39 is 57.6 Å².